The zero-order chi connectivity index (χ0) is 28.1. The molecule has 4 N–H and O–H groups in total. The number of hydrogen-bond acceptors (Lipinski definition) is 4. The molecule has 0 aliphatic carbocycles. The fourth-order valence-electron chi connectivity index (χ4n) is 5.12. The molecular formula is C29H40F2N4O3. The monoisotopic (exact) mass is 530 g/mol. The fourth-order valence-corrected chi connectivity index (χ4v) is 5.12. The maximum absolute atomic E-state index is 13.8. The van der Waals surface area contributed by atoms with Crippen molar-refractivity contribution in [3.05, 3.63) is 70.8 Å². The number of urea groups is 1. The first kappa shape index (κ1) is 29.5. The van der Waals surface area contributed by atoms with Crippen LogP contribution in [0.25, 0.3) is 0 Å². The molecule has 1 heterocycles. The number of amides is 3. The molecule has 0 radical (unpaired) electrons. The van der Waals surface area contributed by atoms with Crippen LogP contribution < -0.4 is 16.0 Å². The third-order valence-corrected chi connectivity index (χ3v) is 7.16. The molecule has 3 amide bonds. The topological polar surface area (TPSA) is 93.7 Å². The molecule has 1 aliphatic rings. The van der Waals surface area contributed by atoms with Gasteiger partial charge in [-0.2, -0.15) is 0 Å². The van der Waals surface area contributed by atoms with E-state index in [9.17, 15) is 23.5 Å². The van der Waals surface area contributed by atoms with Crippen LogP contribution in [0, 0.1) is 11.6 Å². The highest BCUT2D eigenvalue weighted by atomic mass is 19.1. The molecule has 3 atom stereocenters. The maximum Gasteiger partial charge on any atom is 0.317 e. The van der Waals surface area contributed by atoms with E-state index in [2.05, 4.69) is 48.9 Å². The van der Waals surface area contributed by atoms with Gasteiger partial charge in [0.25, 0.3) is 0 Å². The molecule has 7 nitrogen and oxygen atoms in total. The lowest BCUT2D eigenvalue weighted by Gasteiger charge is -2.45. The standard InChI is InChI=1S/C29H40F2N4O3/c1-19(36)34-25(14-20-12-23(30)16-24(31)13-20)26(37)17-33-29(10-7-11-35(18-29)27(38)32-5)22-9-6-8-21(15-22)28(2,3)4/h6,8-9,12-13,15-16,25-26,33,37H,7,10-11,14,17-18H2,1-5H3,(H,32,38)(H,34,36). The SMILES string of the molecule is CNC(=O)N1CCCC(NCC(O)C(Cc2cc(F)cc(F)c2)NC(C)=O)(c2cccc(C(C)(C)C)c2)C1. The van der Waals surface area contributed by atoms with Crippen LogP contribution >= 0.6 is 0 Å². The second kappa shape index (κ2) is 12.2. The number of nitrogens with zero attached hydrogens (tertiary/aromatic N) is 1. The van der Waals surface area contributed by atoms with Crippen LogP contribution in [0.1, 0.15) is 57.2 Å². The van der Waals surface area contributed by atoms with Crippen molar-refractivity contribution in [3.63, 3.8) is 0 Å². The minimum absolute atomic E-state index is 0.0496. The fraction of sp³-hybridized carbons (Fsp3) is 0.517. The molecule has 38 heavy (non-hydrogen) atoms. The van der Waals surface area contributed by atoms with Gasteiger partial charge >= 0.3 is 6.03 Å². The summed E-state index contributed by atoms with van der Waals surface area (Å²) in [6.45, 7) is 8.85. The van der Waals surface area contributed by atoms with Crippen LogP contribution in [0.15, 0.2) is 42.5 Å². The number of benzene rings is 2. The van der Waals surface area contributed by atoms with Gasteiger partial charge in [-0.1, -0.05) is 45.0 Å². The van der Waals surface area contributed by atoms with Crippen molar-refractivity contribution in [2.45, 2.75) is 70.1 Å². The molecule has 2 aromatic carbocycles. The van der Waals surface area contributed by atoms with Gasteiger partial charge in [0.1, 0.15) is 11.6 Å². The third-order valence-electron chi connectivity index (χ3n) is 7.16. The number of hydrogen-bond donors (Lipinski definition) is 4. The Morgan fingerprint density at radius 2 is 1.82 bits per heavy atom. The normalized spacial score (nSPS) is 19.5. The van der Waals surface area contributed by atoms with Crippen LogP contribution in [0.3, 0.4) is 0 Å². The molecule has 208 valence electrons. The van der Waals surface area contributed by atoms with Gasteiger partial charge in [-0.25, -0.2) is 13.6 Å². The summed E-state index contributed by atoms with van der Waals surface area (Å²) in [6.07, 6.45) is 0.478. The van der Waals surface area contributed by atoms with Gasteiger partial charge in [0.15, 0.2) is 0 Å². The smallest absolute Gasteiger partial charge is 0.317 e. The van der Waals surface area contributed by atoms with Gasteiger partial charge in [0, 0.05) is 39.7 Å². The lowest BCUT2D eigenvalue weighted by molar-refractivity contribution is -0.120. The van der Waals surface area contributed by atoms with Gasteiger partial charge in [0.05, 0.1) is 17.7 Å². The number of aliphatic hydroxyl groups excluding tert-OH is 1. The molecule has 0 spiro atoms. The van der Waals surface area contributed by atoms with Crippen LogP contribution in [-0.4, -0.2) is 60.8 Å². The van der Waals surface area contributed by atoms with E-state index in [1.807, 2.05) is 12.1 Å². The summed E-state index contributed by atoms with van der Waals surface area (Å²) in [6, 6.07) is 10.5. The Hall–Kier alpha value is -3.04. The Labute approximate surface area is 224 Å². The highest BCUT2D eigenvalue weighted by Crippen LogP contribution is 2.34. The first-order chi connectivity index (χ1) is 17.8. The minimum atomic E-state index is -1.07. The molecule has 3 unspecified atom stereocenters. The van der Waals surface area contributed by atoms with Crippen molar-refractivity contribution in [2.75, 3.05) is 26.7 Å². The van der Waals surface area contributed by atoms with E-state index in [0.717, 1.165) is 30.0 Å². The molecule has 3 rings (SSSR count). The predicted octanol–water partition coefficient (Wildman–Crippen LogP) is 3.59. The Morgan fingerprint density at radius 1 is 1.13 bits per heavy atom. The van der Waals surface area contributed by atoms with E-state index >= 15 is 0 Å². The molecule has 2 aromatic rings. The zero-order valence-corrected chi connectivity index (χ0v) is 22.9. The average molecular weight is 531 g/mol. The van der Waals surface area contributed by atoms with E-state index in [1.54, 1.807) is 11.9 Å². The maximum atomic E-state index is 13.8. The van der Waals surface area contributed by atoms with Gasteiger partial charge in [-0.3, -0.25) is 4.79 Å². The second-order valence-corrected chi connectivity index (χ2v) is 11.2. The van der Waals surface area contributed by atoms with E-state index in [0.29, 0.717) is 18.7 Å². The molecule has 0 aromatic heterocycles. The third kappa shape index (κ3) is 7.51. The van der Waals surface area contributed by atoms with Crippen LogP contribution in [0.4, 0.5) is 13.6 Å². The van der Waals surface area contributed by atoms with Crippen LogP contribution in [0.5, 0.6) is 0 Å². The molecule has 9 heteroatoms. The Morgan fingerprint density at radius 3 is 2.42 bits per heavy atom. The first-order valence-corrected chi connectivity index (χ1v) is 13.1. The molecule has 1 fully saturated rings. The lowest BCUT2D eigenvalue weighted by atomic mass is 9.78. The largest absolute Gasteiger partial charge is 0.390 e. The minimum Gasteiger partial charge on any atom is -0.390 e. The summed E-state index contributed by atoms with van der Waals surface area (Å²) in [5, 5.41) is 20.2. The highest BCUT2D eigenvalue weighted by Gasteiger charge is 2.39. The summed E-state index contributed by atoms with van der Waals surface area (Å²) >= 11 is 0. The van der Waals surface area contributed by atoms with Crippen molar-refractivity contribution in [1.29, 1.82) is 0 Å². The van der Waals surface area contributed by atoms with Crippen LogP contribution in [0.2, 0.25) is 0 Å². The molecule has 0 saturated carbocycles. The van der Waals surface area contributed by atoms with Gasteiger partial charge in [-0.05, 0) is 53.5 Å². The number of carbonyl (C=O) groups is 2. The van der Waals surface area contributed by atoms with Crippen molar-refractivity contribution in [3.8, 4) is 0 Å². The summed E-state index contributed by atoms with van der Waals surface area (Å²) in [7, 11) is 1.60. The van der Waals surface area contributed by atoms with Gasteiger partial charge < -0.3 is 26.0 Å². The number of rotatable bonds is 8. The summed E-state index contributed by atoms with van der Waals surface area (Å²) in [4.78, 5) is 26.2. The number of piperidine rings is 1. The summed E-state index contributed by atoms with van der Waals surface area (Å²) < 4.78 is 27.6. The summed E-state index contributed by atoms with van der Waals surface area (Å²) in [5.41, 5.74) is 1.77. The Balaban J connectivity index is 1.90. The van der Waals surface area contributed by atoms with Gasteiger partial charge in [0.2, 0.25) is 5.91 Å². The van der Waals surface area contributed by atoms with E-state index < -0.39 is 29.3 Å². The molecule has 1 aliphatic heterocycles. The van der Waals surface area contributed by atoms with E-state index in [-0.39, 0.29) is 30.3 Å². The van der Waals surface area contributed by atoms with Crippen molar-refractivity contribution >= 4 is 11.9 Å². The quantitative estimate of drug-likeness (QED) is 0.420. The molecular weight excluding hydrogens is 490 g/mol. The van der Waals surface area contributed by atoms with E-state index in [1.165, 1.54) is 19.1 Å². The van der Waals surface area contributed by atoms with Crippen molar-refractivity contribution in [1.82, 2.24) is 20.9 Å². The average Bonchev–Trinajstić information content (AvgIpc) is 2.85. The number of likely N-dealkylation sites (tertiary alicyclic amines) is 1. The lowest BCUT2D eigenvalue weighted by Crippen LogP contribution is -2.60. The highest BCUT2D eigenvalue weighted by molar-refractivity contribution is 5.74. The zero-order valence-electron chi connectivity index (χ0n) is 22.9. The van der Waals surface area contributed by atoms with Crippen molar-refractivity contribution in [2.24, 2.45) is 0 Å². The number of aliphatic hydroxyl groups is 1. The molecule has 0 bridgehead atoms. The van der Waals surface area contributed by atoms with E-state index in [4.69, 9.17) is 0 Å². The van der Waals surface area contributed by atoms with Gasteiger partial charge in [-0.15, -0.1) is 0 Å². The Kier molecular flexibility index (Phi) is 9.49. The van der Waals surface area contributed by atoms with Crippen LogP contribution in [-0.2, 0) is 22.2 Å². The second-order valence-electron chi connectivity index (χ2n) is 11.2. The van der Waals surface area contributed by atoms with Crippen molar-refractivity contribution < 1.29 is 23.5 Å². The number of nitrogens with one attached hydrogen (secondary N) is 3. The number of halogens is 2. The summed E-state index contributed by atoms with van der Waals surface area (Å²) in [5.74, 6) is -1.80. The first-order valence-electron chi connectivity index (χ1n) is 13.1. The predicted molar refractivity (Wildman–Crippen MR) is 144 cm³/mol. The number of carbonyl (C=O) groups excluding carboxylic acids is 2. The Bertz CT molecular complexity index is 1120. The molecule has 1 saturated heterocycles.